The van der Waals surface area contributed by atoms with Gasteiger partial charge in [0.05, 0.1) is 6.92 Å². The molecule has 2 aromatic carbocycles. The van der Waals surface area contributed by atoms with E-state index in [-0.39, 0.29) is 6.10 Å². The van der Waals surface area contributed by atoms with Gasteiger partial charge in [0.1, 0.15) is 7.05 Å². The first kappa shape index (κ1) is 10.8. The quantitative estimate of drug-likeness (QED) is 0.651. The van der Waals surface area contributed by atoms with Gasteiger partial charge in [-0.05, 0) is 11.1 Å². The van der Waals surface area contributed by atoms with Crippen molar-refractivity contribution in [3.8, 4) is 11.1 Å². The van der Waals surface area contributed by atoms with Crippen LogP contribution in [0.25, 0.3) is 11.1 Å². The number of hydrogen-bond donors (Lipinski definition) is 0. The molecule has 0 fully saturated rings. The van der Waals surface area contributed by atoms with Crippen LogP contribution in [0.15, 0.2) is 48.5 Å². The van der Waals surface area contributed by atoms with E-state index < -0.39 is 0 Å². The third-order valence-corrected chi connectivity index (χ3v) is 4.34. The van der Waals surface area contributed by atoms with E-state index in [0.717, 1.165) is 5.90 Å². The summed E-state index contributed by atoms with van der Waals surface area (Å²) in [7, 11) is 2.12. The lowest BCUT2D eigenvalue weighted by atomic mass is 9.81. The maximum absolute atomic E-state index is 6.10. The van der Waals surface area contributed by atoms with Crippen LogP contribution in [-0.4, -0.2) is 17.5 Å². The number of hydrogen-bond acceptors (Lipinski definition) is 1. The van der Waals surface area contributed by atoms with Crippen molar-refractivity contribution < 1.29 is 9.31 Å². The summed E-state index contributed by atoms with van der Waals surface area (Å²) in [6.07, 6.45) is 0.121. The zero-order chi connectivity index (χ0) is 13.0. The molecule has 0 saturated carbocycles. The van der Waals surface area contributed by atoms with E-state index in [9.17, 15) is 0 Å². The Hall–Kier alpha value is -2.09. The molecule has 94 valence electrons. The van der Waals surface area contributed by atoms with Crippen LogP contribution in [0, 0.1) is 0 Å². The van der Waals surface area contributed by atoms with Crippen molar-refractivity contribution in [2.24, 2.45) is 0 Å². The lowest BCUT2D eigenvalue weighted by Gasteiger charge is -2.26. The van der Waals surface area contributed by atoms with Crippen molar-refractivity contribution >= 4 is 5.90 Å². The average molecular weight is 250 g/mol. The van der Waals surface area contributed by atoms with E-state index in [1.54, 1.807) is 0 Å². The van der Waals surface area contributed by atoms with Crippen molar-refractivity contribution in [2.45, 2.75) is 19.1 Å². The second-order valence-electron chi connectivity index (χ2n) is 5.29. The molecular formula is C17H16NO+. The molecule has 0 saturated heterocycles. The van der Waals surface area contributed by atoms with E-state index in [2.05, 4.69) is 60.2 Å². The summed E-state index contributed by atoms with van der Waals surface area (Å²) in [5, 5.41) is 0. The number of benzene rings is 2. The van der Waals surface area contributed by atoms with Gasteiger partial charge in [-0.2, -0.15) is 4.58 Å². The fraction of sp³-hybridized carbons (Fsp3) is 0.235. The van der Waals surface area contributed by atoms with Gasteiger partial charge in [0.25, 0.3) is 0 Å². The Morgan fingerprint density at radius 2 is 1.47 bits per heavy atom. The molecule has 2 atom stereocenters. The lowest BCUT2D eigenvalue weighted by molar-refractivity contribution is -0.539. The standard InChI is InChI=1S/C17H16NO/c1-11-18(2)16-14-9-5-3-7-12(14)13-8-4-6-10-15(13)17(16)19-11/h3-10,16-17H,1-2H3/q+1/t16-,17+/m0/s1. The van der Waals surface area contributed by atoms with Crippen LogP contribution in [0.2, 0.25) is 0 Å². The van der Waals surface area contributed by atoms with Gasteiger partial charge < -0.3 is 4.74 Å². The van der Waals surface area contributed by atoms with Crippen molar-refractivity contribution in [2.75, 3.05) is 7.05 Å². The minimum atomic E-state index is 0.121. The number of rotatable bonds is 0. The maximum atomic E-state index is 6.10. The maximum Gasteiger partial charge on any atom is 0.334 e. The third kappa shape index (κ3) is 1.34. The zero-order valence-electron chi connectivity index (χ0n) is 11.1. The minimum absolute atomic E-state index is 0.121. The number of nitrogens with zero attached hydrogens (tertiary/aromatic N) is 1. The van der Waals surface area contributed by atoms with Crippen LogP contribution < -0.4 is 0 Å². The molecule has 0 amide bonds. The average Bonchev–Trinajstić information content (AvgIpc) is 2.76. The fourth-order valence-electron chi connectivity index (χ4n) is 3.33. The topological polar surface area (TPSA) is 12.2 Å². The van der Waals surface area contributed by atoms with Crippen molar-refractivity contribution in [1.82, 2.24) is 0 Å². The molecule has 0 bridgehead atoms. The van der Waals surface area contributed by atoms with Crippen LogP contribution in [0.4, 0.5) is 0 Å². The SMILES string of the molecule is CC1=[N+](C)[C@H]2c3ccccc3-c3ccccc3[C@H]2O1. The Morgan fingerprint density at radius 1 is 0.895 bits per heavy atom. The Kier molecular flexibility index (Phi) is 2.10. The smallest absolute Gasteiger partial charge is 0.334 e. The van der Waals surface area contributed by atoms with Crippen LogP contribution >= 0.6 is 0 Å². The van der Waals surface area contributed by atoms with E-state index in [4.69, 9.17) is 4.74 Å². The highest BCUT2D eigenvalue weighted by Crippen LogP contribution is 2.49. The highest BCUT2D eigenvalue weighted by atomic mass is 16.5. The third-order valence-electron chi connectivity index (χ3n) is 4.34. The first-order chi connectivity index (χ1) is 9.27. The van der Waals surface area contributed by atoms with Crippen LogP contribution in [0.3, 0.4) is 0 Å². The molecule has 1 aliphatic heterocycles. The van der Waals surface area contributed by atoms with Crippen molar-refractivity contribution in [3.05, 3.63) is 59.7 Å². The Morgan fingerprint density at radius 3 is 2.21 bits per heavy atom. The van der Waals surface area contributed by atoms with E-state index in [0.29, 0.717) is 6.04 Å². The summed E-state index contributed by atoms with van der Waals surface area (Å²) in [5.74, 6) is 1.00. The second-order valence-corrected chi connectivity index (χ2v) is 5.29. The summed E-state index contributed by atoms with van der Waals surface area (Å²) in [6, 6.07) is 17.6. The van der Waals surface area contributed by atoms with Gasteiger partial charge in [-0.3, -0.25) is 0 Å². The van der Waals surface area contributed by atoms with Crippen molar-refractivity contribution in [1.29, 1.82) is 0 Å². The summed E-state index contributed by atoms with van der Waals surface area (Å²) < 4.78 is 8.35. The Bertz CT molecular complexity index is 702. The first-order valence-corrected chi connectivity index (χ1v) is 6.68. The first-order valence-electron chi connectivity index (χ1n) is 6.68. The van der Waals surface area contributed by atoms with E-state index >= 15 is 0 Å². The summed E-state index contributed by atoms with van der Waals surface area (Å²) >= 11 is 0. The zero-order valence-corrected chi connectivity index (χ0v) is 11.1. The molecule has 2 aromatic rings. The molecule has 0 aromatic heterocycles. The van der Waals surface area contributed by atoms with Gasteiger partial charge in [0.2, 0.25) is 6.04 Å². The molecule has 0 N–H and O–H groups in total. The molecular weight excluding hydrogens is 234 g/mol. The number of ether oxygens (including phenoxy) is 1. The summed E-state index contributed by atoms with van der Waals surface area (Å²) in [4.78, 5) is 0. The van der Waals surface area contributed by atoms with E-state index in [1.807, 2.05) is 6.92 Å². The molecule has 19 heavy (non-hydrogen) atoms. The van der Waals surface area contributed by atoms with Gasteiger partial charge >= 0.3 is 5.90 Å². The lowest BCUT2D eigenvalue weighted by Crippen LogP contribution is -2.21. The summed E-state index contributed by atoms with van der Waals surface area (Å²) in [5.41, 5.74) is 5.31. The second kappa shape index (κ2) is 3.70. The van der Waals surface area contributed by atoms with Crippen LogP contribution in [0.5, 0.6) is 0 Å². The molecule has 0 radical (unpaired) electrons. The fourth-order valence-corrected chi connectivity index (χ4v) is 3.33. The molecule has 2 aliphatic rings. The van der Waals surface area contributed by atoms with Gasteiger partial charge in [-0.1, -0.05) is 48.5 Å². The van der Waals surface area contributed by atoms with E-state index in [1.165, 1.54) is 22.3 Å². The van der Waals surface area contributed by atoms with Gasteiger partial charge in [-0.15, -0.1) is 0 Å². The number of fused-ring (bicyclic) bond motifs is 6. The predicted octanol–water partition coefficient (Wildman–Crippen LogP) is 3.54. The number of likely N-dealkylation sites (N-methyl/N-ethyl adjacent to an activating group) is 1. The largest absolute Gasteiger partial charge is 0.432 e. The molecule has 4 rings (SSSR count). The molecule has 0 spiro atoms. The predicted molar refractivity (Wildman–Crippen MR) is 75.3 cm³/mol. The minimum Gasteiger partial charge on any atom is -0.432 e. The molecule has 1 heterocycles. The van der Waals surface area contributed by atoms with Crippen molar-refractivity contribution in [3.63, 3.8) is 0 Å². The normalized spacial score (nSPS) is 23.5. The molecule has 2 nitrogen and oxygen atoms in total. The van der Waals surface area contributed by atoms with Crippen LogP contribution in [-0.2, 0) is 4.74 Å². The molecule has 2 heteroatoms. The van der Waals surface area contributed by atoms with Gasteiger partial charge in [-0.25, -0.2) is 0 Å². The Labute approximate surface area is 113 Å². The van der Waals surface area contributed by atoms with Crippen LogP contribution in [0.1, 0.15) is 30.2 Å². The van der Waals surface area contributed by atoms with Gasteiger partial charge in [0.15, 0.2) is 6.10 Å². The Balaban J connectivity index is 2.04. The monoisotopic (exact) mass is 250 g/mol. The summed E-state index contributed by atoms with van der Waals surface area (Å²) in [6.45, 7) is 2.05. The molecule has 0 unspecified atom stereocenters. The molecule has 1 aliphatic carbocycles. The highest BCUT2D eigenvalue weighted by Gasteiger charge is 2.46. The highest BCUT2D eigenvalue weighted by molar-refractivity contribution is 5.77. The van der Waals surface area contributed by atoms with Gasteiger partial charge in [0, 0.05) is 11.1 Å².